The maximum atomic E-state index is 13.1. The summed E-state index contributed by atoms with van der Waals surface area (Å²) in [5, 5.41) is 0. The predicted octanol–water partition coefficient (Wildman–Crippen LogP) is 4.68. The average molecular weight is 423 g/mol. The first-order chi connectivity index (χ1) is 13.2. The molecule has 3 aliphatic rings. The van der Waals surface area contributed by atoms with Crippen LogP contribution in [0.25, 0.3) is 0 Å². The molecule has 2 bridgehead atoms. The van der Waals surface area contributed by atoms with Crippen LogP contribution < -0.4 is 4.72 Å². The van der Waals surface area contributed by atoms with Crippen molar-refractivity contribution in [3.05, 3.63) is 29.8 Å². The molecule has 6 heteroatoms. The normalized spacial score (nSPS) is 27.1. The molecule has 1 aromatic carbocycles. The predicted molar refractivity (Wildman–Crippen MR) is 119 cm³/mol. The van der Waals surface area contributed by atoms with Crippen molar-refractivity contribution in [1.82, 2.24) is 9.62 Å². The third kappa shape index (κ3) is 4.19. The number of benzene rings is 1. The molecule has 28 heavy (non-hydrogen) atoms. The Bertz CT molecular complexity index is 719. The lowest BCUT2D eigenvalue weighted by atomic mass is 9.65. The smallest absolute Gasteiger partial charge is 0.225 e. The quantitative estimate of drug-likeness (QED) is 0.649. The van der Waals surface area contributed by atoms with Gasteiger partial charge in [0.25, 0.3) is 0 Å². The van der Waals surface area contributed by atoms with Crippen LogP contribution in [0.2, 0.25) is 0 Å². The zero-order valence-electron chi connectivity index (χ0n) is 17.8. The average Bonchev–Trinajstić information content (AvgIpc) is 2.68. The van der Waals surface area contributed by atoms with Crippen molar-refractivity contribution in [2.75, 3.05) is 12.8 Å². The lowest BCUT2D eigenvalue weighted by Gasteiger charge is -2.56. The van der Waals surface area contributed by atoms with Gasteiger partial charge in [-0.05, 0) is 76.3 Å². The Hall–Kier alpha value is -0.850. The van der Waals surface area contributed by atoms with Crippen molar-refractivity contribution < 1.29 is 9.00 Å². The van der Waals surface area contributed by atoms with Crippen LogP contribution in [-0.4, -0.2) is 38.1 Å². The summed E-state index contributed by atoms with van der Waals surface area (Å²) in [4.78, 5) is 16.0. The van der Waals surface area contributed by atoms with E-state index in [1.165, 1.54) is 4.90 Å². The highest BCUT2D eigenvalue weighted by Gasteiger charge is 2.54. The second-order valence-corrected chi connectivity index (χ2v) is 12.3. The van der Waals surface area contributed by atoms with Gasteiger partial charge in [-0.2, -0.15) is 0 Å². The van der Waals surface area contributed by atoms with Gasteiger partial charge in [0.1, 0.15) is 0 Å². The Morgan fingerprint density at radius 1 is 1.25 bits per heavy atom. The van der Waals surface area contributed by atoms with Gasteiger partial charge in [-0.3, -0.25) is 4.79 Å². The molecule has 2 heterocycles. The first kappa shape index (κ1) is 21.8. The number of carbonyl (C=O) groups is 1. The van der Waals surface area contributed by atoms with Crippen LogP contribution in [0.1, 0.15) is 71.4 Å². The number of hydrogen-bond donors (Lipinski definition) is 1. The summed E-state index contributed by atoms with van der Waals surface area (Å²) in [7, 11) is 0.729. The van der Waals surface area contributed by atoms with Gasteiger partial charge in [-0.15, -0.1) is 11.8 Å². The van der Waals surface area contributed by atoms with E-state index < -0.39 is 11.0 Å². The number of rotatable bonds is 7. The van der Waals surface area contributed by atoms with Gasteiger partial charge >= 0.3 is 0 Å². The van der Waals surface area contributed by atoms with Gasteiger partial charge in [0.2, 0.25) is 5.91 Å². The highest BCUT2D eigenvalue weighted by Crippen LogP contribution is 2.50. The SMILES string of the molecule is CCCSc1ccc(C(N[S@@](=O)C(C)(C)C)C23CCC(CC2)C(=O)N3C)cc1. The number of likely N-dealkylation sites (N-methyl/N-ethyl adjacent to an activating group) is 1. The molecule has 156 valence electrons. The van der Waals surface area contributed by atoms with Crippen molar-refractivity contribution in [3.8, 4) is 0 Å². The maximum absolute atomic E-state index is 13.1. The third-order valence-corrected chi connectivity index (χ3v) is 8.98. The summed E-state index contributed by atoms with van der Waals surface area (Å²) < 4.78 is 16.1. The standard InChI is InChI=1S/C22H34N2O2S2/c1-6-15-27-18-9-7-16(8-10-18)19(23-28(26)21(2,3)4)22-13-11-17(12-14-22)20(25)24(22)5/h7-10,17,19,23H,6,11-15H2,1-5H3/t17?,19?,22?,28-/m0/s1. The Balaban J connectivity index is 1.95. The fourth-order valence-electron chi connectivity index (χ4n) is 4.42. The van der Waals surface area contributed by atoms with Crippen LogP contribution in [0.4, 0.5) is 0 Å². The second kappa shape index (κ2) is 8.49. The molecule has 1 aliphatic carbocycles. The monoisotopic (exact) mass is 422 g/mol. The van der Waals surface area contributed by atoms with Crippen LogP contribution >= 0.6 is 11.8 Å². The van der Waals surface area contributed by atoms with Gasteiger partial charge in [0, 0.05) is 17.9 Å². The van der Waals surface area contributed by atoms with Crippen LogP contribution in [0.5, 0.6) is 0 Å². The first-order valence-corrected chi connectivity index (χ1v) is 12.5. The Kier molecular flexibility index (Phi) is 6.62. The lowest BCUT2D eigenvalue weighted by Crippen LogP contribution is -2.65. The lowest BCUT2D eigenvalue weighted by molar-refractivity contribution is -0.155. The van der Waals surface area contributed by atoms with Crippen LogP contribution in [-0.2, 0) is 15.8 Å². The molecule has 1 amide bonds. The van der Waals surface area contributed by atoms with Gasteiger partial charge in [-0.25, -0.2) is 8.93 Å². The molecular weight excluding hydrogens is 388 g/mol. The summed E-state index contributed by atoms with van der Waals surface area (Å²) in [6.45, 7) is 8.15. The fourth-order valence-corrected chi connectivity index (χ4v) is 6.12. The van der Waals surface area contributed by atoms with Crippen molar-refractivity contribution in [1.29, 1.82) is 0 Å². The molecule has 1 saturated carbocycles. The van der Waals surface area contributed by atoms with Gasteiger partial charge in [0.05, 0.1) is 27.3 Å². The van der Waals surface area contributed by atoms with E-state index in [2.05, 4.69) is 35.9 Å². The molecule has 2 atom stereocenters. The van der Waals surface area contributed by atoms with E-state index in [-0.39, 0.29) is 28.2 Å². The molecule has 1 aromatic rings. The summed E-state index contributed by atoms with van der Waals surface area (Å²) in [6, 6.07) is 8.51. The summed E-state index contributed by atoms with van der Waals surface area (Å²) in [6.07, 6.45) is 4.96. The number of amides is 1. The number of hydrogen-bond acceptors (Lipinski definition) is 3. The minimum absolute atomic E-state index is 0.131. The minimum Gasteiger partial charge on any atom is -0.338 e. The minimum atomic E-state index is -1.21. The number of nitrogens with one attached hydrogen (secondary N) is 1. The zero-order valence-corrected chi connectivity index (χ0v) is 19.4. The fraction of sp³-hybridized carbons (Fsp3) is 0.682. The highest BCUT2D eigenvalue weighted by molar-refractivity contribution is 7.99. The topological polar surface area (TPSA) is 49.4 Å². The zero-order chi connectivity index (χ0) is 20.5. The molecule has 4 rings (SSSR count). The van der Waals surface area contributed by atoms with E-state index >= 15 is 0 Å². The molecular formula is C22H34N2O2S2. The largest absolute Gasteiger partial charge is 0.338 e. The van der Waals surface area contributed by atoms with Gasteiger partial charge in [0.15, 0.2) is 0 Å². The summed E-state index contributed by atoms with van der Waals surface area (Å²) in [5.41, 5.74) is 0.823. The van der Waals surface area contributed by atoms with Gasteiger partial charge < -0.3 is 4.90 Å². The number of carbonyl (C=O) groups excluding carboxylic acids is 1. The van der Waals surface area contributed by atoms with E-state index in [4.69, 9.17) is 0 Å². The molecule has 3 fully saturated rings. The number of piperidine rings is 2. The molecule has 2 saturated heterocycles. The van der Waals surface area contributed by atoms with Crippen LogP contribution in [0.15, 0.2) is 29.2 Å². The second-order valence-electron chi connectivity index (χ2n) is 9.12. The number of nitrogens with zero attached hydrogens (tertiary/aromatic N) is 1. The highest BCUT2D eigenvalue weighted by atomic mass is 32.2. The Morgan fingerprint density at radius 2 is 1.86 bits per heavy atom. The van der Waals surface area contributed by atoms with Crippen LogP contribution in [0.3, 0.4) is 0 Å². The van der Waals surface area contributed by atoms with E-state index in [0.717, 1.165) is 43.4 Å². The van der Waals surface area contributed by atoms with Crippen molar-refractivity contribution in [2.45, 2.75) is 81.0 Å². The summed E-state index contributed by atoms with van der Waals surface area (Å²) >= 11 is 1.86. The summed E-state index contributed by atoms with van der Waals surface area (Å²) in [5.74, 6) is 1.53. The maximum Gasteiger partial charge on any atom is 0.225 e. The van der Waals surface area contributed by atoms with Crippen molar-refractivity contribution >= 4 is 28.7 Å². The van der Waals surface area contributed by atoms with E-state index in [0.29, 0.717) is 0 Å². The van der Waals surface area contributed by atoms with E-state index in [1.807, 2.05) is 44.5 Å². The molecule has 1 N–H and O–H groups in total. The molecule has 0 spiro atoms. The molecule has 2 aliphatic heterocycles. The molecule has 0 aromatic heterocycles. The molecule has 0 radical (unpaired) electrons. The third-order valence-electron chi connectivity index (χ3n) is 6.20. The first-order valence-electron chi connectivity index (χ1n) is 10.4. The Morgan fingerprint density at radius 3 is 2.39 bits per heavy atom. The van der Waals surface area contributed by atoms with E-state index in [9.17, 15) is 9.00 Å². The molecule has 1 unspecified atom stereocenters. The Labute approximate surface area is 176 Å². The van der Waals surface area contributed by atoms with Crippen molar-refractivity contribution in [2.24, 2.45) is 5.92 Å². The molecule has 4 nitrogen and oxygen atoms in total. The number of thioether (sulfide) groups is 1. The van der Waals surface area contributed by atoms with Crippen molar-refractivity contribution in [3.63, 3.8) is 0 Å². The van der Waals surface area contributed by atoms with E-state index in [1.54, 1.807) is 0 Å². The van der Waals surface area contributed by atoms with Gasteiger partial charge in [-0.1, -0.05) is 19.1 Å². The number of fused-ring (bicyclic) bond motifs is 3. The van der Waals surface area contributed by atoms with Crippen LogP contribution in [0, 0.1) is 5.92 Å².